The summed E-state index contributed by atoms with van der Waals surface area (Å²) >= 11 is 0. The summed E-state index contributed by atoms with van der Waals surface area (Å²) in [5.41, 5.74) is 1.04. The minimum atomic E-state index is -0.237. The second-order valence-corrected chi connectivity index (χ2v) is 4.14. The monoisotopic (exact) mass is 223 g/mol. The molecule has 1 atom stereocenters. The molecule has 0 saturated heterocycles. The Labute approximate surface area is 97.3 Å². The largest absolute Gasteiger partial charge is 0.393 e. The fourth-order valence-electron chi connectivity index (χ4n) is 1.47. The summed E-state index contributed by atoms with van der Waals surface area (Å²) in [7, 11) is 3.90. The minimum Gasteiger partial charge on any atom is -0.393 e. The fraction of sp³-hybridized carbons (Fsp3) is 0.583. The molecule has 1 aromatic rings. The van der Waals surface area contributed by atoms with Crippen molar-refractivity contribution in [3.05, 3.63) is 23.9 Å². The quantitative estimate of drug-likeness (QED) is 0.764. The van der Waals surface area contributed by atoms with Crippen molar-refractivity contribution in [1.82, 2.24) is 9.88 Å². The van der Waals surface area contributed by atoms with Crippen LogP contribution in [0.3, 0.4) is 0 Å². The second kappa shape index (κ2) is 6.45. The van der Waals surface area contributed by atoms with E-state index in [4.69, 9.17) is 0 Å². The van der Waals surface area contributed by atoms with Gasteiger partial charge in [-0.2, -0.15) is 0 Å². The van der Waals surface area contributed by atoms with Crippen LogP contribution in [0.4, 0.5) is 5.82 Å². The summed E-state index contributed by atoms with van der Waals surface area (Å²) < 4.78 is 0. The molecule has 1 heterocycles. The maximum atomic E-state index is 9.20. The highest BCUT2D eigenvalue weighted by atomic mass is 16.3. The third-order valence-corrected chi connectivity index (χ3v) is 2.42. The molecule has 1 unspecified atom stereocenters. The molecule has 4 nitrogen and oxygen atoms in total. The standard InChI is InChI=1S/C12H21N3O/c1-10(16)7-8-15(3)9-11-5-4-6-12(13-2)14-11/h4-6,10,16H,7-9H2,1-3H3,(H,13,14). The Morgan fingerprint density at radius 2 is 2.25 bits per heavy atom. The molecule has 16 heavy (non-hydrogen) atoms. The highest BCUT2D eigenvalue weighted by Crippen LogP contribution is 2.06. The van der Waals surface area contributed by atoms with Gasteiger partial charge >= 0.3 is 0 Å². The molecular weight excluding hydrogens is 202 g/mol. The van der Waals surface area contributed by atoms with Gasteiger partial charge in [0.2, 0.25) is 0 Å². The van der Waals surface area contributed by atoms with Crippen molar-refractivity contribution in [3.63, 3.8) is 0 Å². The van der Waals surface area contributed by atoms with E-state index in [9.17, 15) is 5.11 Å². The molecule has 0 radical (unpaired) electrons. The van der Waals surface area contributed by atoms with Gasteiger partial charge in [0.05, 0.1) is 11.8 Å². The van der Waals surface area contributed by atoms with E-state index >= 15 is 0 Å². The molecule has 0 aromatic carbocycles. The van der Waals surface area contributed by atoms with E-state index in [0.717, 1.165) is 31.0 Å². The SMILES string of the molecule is CNc1cccc(CN(C)CCC(C)O)n1. The highest BCUT2D eigenvalue weighted by Gasteiger charge is 2.04. The van der Waals surface area contributed by atoms with Crippen LogP contribution in [0.2, 0.25) is 0 Å². The number of hydrogen-bond donors (Lipinski definition) is 2. The number of nitrogens with one attached hydrogen (secondary N) is 1. The molecule has 0 aliphatic carbocycles. The van der Waals surface area contributed by atoms with Crippen molar-refractivity contribution in [1.29, 1.82) is 0 Å². The summed E-state index contributed by atoms with van der Waals surface area (Å²) in [4.78, 5) is 6.60. The molecule has 0 aliphatic heterocycles. The van der Waals surface area contributed by atoms with Crippen LogP contribution in [-0.2, 0) is 6.54 Å². The summed E-state index contributed by atoms with van der Waals surface area (Å²) in [5, 5.41) is 12.2. The first-order valence-corrected chi connectivity index (χ1v) is 5.62. The van der Waals surface area contributed by atoms with Crippen LogP contribution in [0.25, 0.3) is 0 Å². The Kier molecular flexibility index (Phi) is 5.22. The van der Waals surface area contributed by atoms with Crippen LogP contribution in [0.15, 0.2) is 18.2 Å². The third kappa shape index (κ3) is 4.59. The topological polar surface area (TPSA) is 48.4 Å². The first kappa shape index (κ1) is 12.9. The molecule has 0 bridgehead atoms. The predicted octanol–water partition coefficient (Wildman–Crippen LogP) is 1.33. The summed E-state index contributed by atoms with van der Waals surface area (Å²) in [5.74, 6) is 0.890. The smallest absolute Gasteiger partial charge is 0.126 e. The number of aliphatic hydroxyl groups is 1. The van der Waals surface area contributed by atoms with Crippen molar-refractivity contribution in [3.8, 4) is 0 Å². The molecule has 0 saturated carbocycles. The van der Waals surface area contributed by atoms with Crippen molar-refractivity contribution >= 4 is 5.82 Å². The Bertz CT molecular complexity index is 315. The molecule has 2 N–H and O–H groups in total. The first-order valence-electron chi connectivity index (χ1n) is 5.62. The Morgan fingerprint density at radius 1 is 1.50 bits per heavy atom. The molecule has 0 spiro atoms. The summed E-state index contributed by atoms with van der Waals surface area (Å²) in [6, 6.07) is 5.95. The van der Waals surface area contributed by atoms with Gasteiger partial charge in [0, 0.05) is 20.1 Å². The van der Waals surface area contributed by atoms with Gasteiger partial charge in [-0.3, -0.25) is 0 Å². The third-order valence-electron chi connectivity index (χ3n) is 2.42. The van der Waals surface area contributed by atoms with Crippen molar-refractivity contribution in [2.75, 3.05) is 26.0 Å². The summed E-state index contributed by atoms with van der Waals surface area (Å²) in [6.45, 7) is 3.50. The van der Waals surface area contributed by atoms with Crippen LogP contribution in [0.1, 0.15) is 19.0 Å². The Morgan fingerprint density at radius 3 is 2.88 bits per heavy atom. The zero-order valence-electron chi connectivity index (χ0n) is 10.3. The van der Waals surface area contributed by atoms with Gasteiger partial charge in [0.1, 0.15) is 5.82 Å². The van der Waals surface area contributed by atoms with Crippen LogP contribution >= 0.6 is 0 Å². The number of pyridine rings is 1. The molecular formula is C12H21N3O. The normalized spacial score (nSPS) is 12.8. The van der Waals surface area contributed by atoms with E-state index in [-0.39, 0.29) is 6.10 Å². The molecule has 1 rings (SSSR count). The van der Waals surface area contributed by atoms with E-state index in [1.54, 1.807) is 0 Å². The van der Waals surface area contributed by atoms with Gasteiger partial charge in [-0.1, -0.05) is 6.07 Å². The zero-order valence-corrected chi connectivity index (χ0v) is 10.3. The first-order chi connectivity index (χ1) is 7.61. The zero-order chi connectivity index (χ0) is 12.0. The number of rotatable bonds is 6. The van der Waals surface area contributed by atoms with Gasteiger partial charge < -0.3 is 15.3 Å². The number of hydrogen-bond acceptors (Lipinski definition) is 4. The number of aliphatic hydroxyl groups excluding tert-OH is 1. The molecule has 0 amide bonds. The van der Waals surface area contributed by atoms with Gasteiger partial charge in [-0.25, -0.2) is 4.98 Å². The maximum Gasteiger partial charge on any atom is 0.126 e. The van der Waals surface area contributed by atoms with Crippen molar-refractivity contribution < 1.29 is 5.11 Å². The Balaban J connectivity index is 2.45. The molecule has 90 valence electrons. The van der Waals surface area contributed by atoms with Crippen molar-refractivity contribution in [2.45, 2.75) is 26.0 Å². The molecule has 4 heteroatoms. The van der Waals surface area contributed by atoms with Crippen LogP contribution in [-0.4, -0.2) is 41.7 Å². The highest BCUT2D eigenvalue weighted by molar-refractivity contribution is 5.34. The minimum absolute atomic E-state index is 0.237. The van der Waals surface area contributed by atoms with E-state index in [1.165, 1.54) is 0 Å². The van der Waals surface area contributed by atoms with Crippen LogP contribution in [0.5, 0.6) is 0 Å². The molecule has 0 aliphatic rings. The predicted molar refractivity (Wildman–Crippen MR) is 66.4 cm³/mol. The van der Waals surface area contributed by atoms with E-state index in [0.29, 0.717) is 0 Å². The lowest BCUT2D eigenvalue weighted by atomic mass is 10.2. The van der Waals surface area contributed by atoms with Crippen molar-refractivity contribution in [2.24, 2.45) is 0 Å². The van der Waals surface area contributed by atoms with E-state index < -0.39 is 0 Å². The number of anilines is 1. The van der Waals surface area contributed by atoms with Gasteiger partial charge in [-0.05, 0) is 32.5 Å². The maximum absolute atomic E-state index is 9.20. The van der Waals surface area contributed by atoms with Crippen LogP contribution < -0.4 is 5.32 Å². The lowest BCUT2D eigenvalue weighted by Gasteiger charge is -2.17. The van der Waals surface area contributed by atoms with E-state index in [2.05, 4.69) is 15.2 Å². The average Bonchev–Trinajstić information content (AvgIpc) is 2.26. The van der Waals surface area contributed by atoms with E-state index in [1.807, 2.05) is 39.2 Å². The molecule has 1 aromatic heterocycles. The Hall–Kier alpha value is -1.13. The lowest BCUT2D eigenvalue weighted by Crippen LogP contribution is -2.22. The van der Waals surface area contributed by atoms with Gasteiger partial charge in [-0.15, -0.1) is 0 Å². The van der Waals surface area contributed by atoms with Gasteiger partial charge in [0.25, 0.3) is 0 Å². The summed E-state index contributed by atoms with van der Waals surface area (Å²) in [6.07, 6.45) is 0.557. The lowest BCUT2D eigenvalue weighted by molar-refractivity contribution is 0.162. The van der Waals surface area contributed by atoms with Crippen LogP contribution in [0, 0.1) is 0 Å². The molecule has 0 fully saturated rings. The average molecular weight is 223 g/mol. The number of aromatic nitrogens is 1. The fourth-order valence-corrected chi connectivity index (χ4v) is 1.47. The second-order valence-electron chi connectivity index (χ2n) is 4.14. The number of nitrogens with zero attached hydrogens (tertiary/aromatic N) is 2. The van der Waals surface area contributed by atoms with Gasteiger partial charge in [0.15, 0.2) is 0 Å².